The van der Waals surface area contributed by atoms with E-state index in [1.54, 1.807) is 7.11 Å². The van der Waals surface area contributed by atoms with Gasteiger partial charge in [-0.3, -0.25) is 0 Å². The molecule has 0 radical (unpaired) electrons. The Morgan fingerprint density at radius 2 is 1.33 bits per heavy atom. The van der Waals surface area contributed by atoms with Crippen molar-refractivity contribution in [1.29, 1.82) is 0 Å². The summed E-state index contributed by atoms with van der Waals surface area (Å²) in [6.07, 6.45) is 0.605. The second-order valence-corrected chi connectivity index (χ2v) is 3.23. The van der Waals surface area contributed by atoms with Crippen molar-refractivity contribution in [3.63, 3.8) is 0 Å². The van der Waals surface area contributed by atoms with Gasteiger partial charge in [0.1, 0.15) is 0 Å². The van der Waals surface area contributed by atoms with Crippen LogP contribution in [0.1, 0.15) is 34.1 Å². The molecule has 4 heteroatoms. The summed E-state index contributed by atoms with van der Waals surface area (Å²) in [5.41, 5.74) is 0. The van der Waals surface area contributed by atoms with Crippen LogP contribution >= 0.6 is 0 Å². The second kappa shape index (κ2) is 8.05. The molecule has 0 aromatic rings. The highest BCUT2D eigenvalue weighted by Gasteiger charge is 2.34. The summed E-state index contributed by atoms with van der Waals surface area (Å²) < 4.78 is 21.9. The molecule has 0 bridgehead atoms. The van der Waals surface area contributed by atoms with Gasteiger partial charge < -0.3 is 18.9 Å². The molecule has 4 nitrogen and oxygen atoms in total. The lowest BCUT2D eigenvalue weighted by atomic mass is 10.2. The minimum atomic E-state index is -0.951. The highest BCUT2D eigenvalue weighted by Crippen LogP contribution is 2.23. The van der Waals surface area contributed by atoms with E-state index in [4.69, 9.17) is 18.9 Å². The summed E-state index contributed by atoms with van der Waals surface area (Å²) in [6, 6.07) is 0. The van der Waals surface area contributed by atoms with E-state index in [9.17, 15) is 0 Å². The third kappa shape index (κ3) is 5.47. The molecule has 0 aliphatic rings. The first-order valence-electron chi connectivity index (χ1n) is 5.58. The Balaban J connectivity index is 4.44. The zero-order valence-corrected chi connectivity index (χ0v) is 10.5. The van der Waals surface area contributed by atoms with Gasteiger partial charge in [0.2, 0.25) is 0 Å². The van der Waals surface area contributed by atoms with Gasteiger partial charge >= 0.3 is 0 Å². The Bertz CT molecular complexity index is 133. The van der Waals surface area contributed by atoms with Gasteiger partial charge in [-0.15, -0.1) is 0 Å². The topological polar surface area (TPSA) is 36.9 Å². The van der Waals surface area contributed by atoms with Gasteiger partial charge in [-0.05, 0) is 27.7 Å². The average molecular weight is 220 g/mol. The van der Waals surface area contributed by atoms with Gasteiger partial charge in [0.05, 0.1) is 12.5 Å². The zero-order chi connectivity index (χ0) is 11.7. The molecule has 1 unspecified atom stereocenters. The summed E-state index contributed by atoms with van der Waals surface area (Å²) in [4.78, 5) is 0. The molecule has 0 spiro atoms. The van der Waals surface area contributed by atoms with E-state index < -0.39 is 5.97 Å². The minimum Gasteiger partial charge on any atom is -0.381 e. The van der Waals surface area contributed by atoms with Crippen molar-refractivity contribution in [2.24, 2.45) is 0 Å². The van der Waals surface area contributed by atoms with Gasteiger partial charge in [-0.25, -0.2) is 0 Å². The Morgan fingerprint density at radius 1 is 0.933 bits per heavy atom. The summed E-state index contributed by atoms with van der Waals surface area (Å²) in [7, 11) is 1.67. The fraction of sp³-hybridized carbons (Fsp3) is 1.00. The number of hydrogen-bond donors (Lipinski definition) is 0. The maximum atomic E-state index is 5.56. The summed E-state index contributed by atoms with van der Waals surface area (Å²) in [6.45, 7) is 9.38. The monoisotopic (exact) mass is 220 g/mol. The molecule has 1 atom stereocenters. The predicted molar refractivity (Wildman–Crippen MR) is 58.7 cm³/mol. The fourth-order valence-corrected chi connectivity index (χ4v) is 1.40. The van der Waals surface area contributed by atoms with Crippen molar-refractivity contribution >= 4 is 0 Å². The molecule has 0 saturated carbocycles. The van der Waals surface area contributed by atoms with E-state index in [1.807, 2.05) is 27.7 Å². The molecule has 0 heterocycles. The van der Waals surface area contributed by atoms with Gasteiger partial charge in [-0.1, -0.05) is 0 Å². The summed E-state index contributed by atoms with van der Waals surface area (Å²) in [5, 5.41) is 0. The first kappa shape index (κ1) is 14.8. The highest BCUT2D eigenvalue weighted by atomic mass is 16.9. The maximum absolute atomic E-state index is 5.56. The molecule has 0 aromatic heterocycles. The Labute approximate surface area is 92.8 Å². The number of methoxy groups -OCH3 is 1. The molecule has 0 saturated heterocycles. The molecule has 0 N–H and O–H groups in total. The lowest BCUT2D eigenvalue weighted by Gasteiger charge is -2.33. The van der Waals surface area contributed by atoms with Crippen molar-refractivity contribution in [3.05, 3.63) is 0 Å². The van der Waals surface area contributed by atoms with Crippen molar-refractivity contribution < 1.29 is 18.9 Å². The molecule has 0 aliphatic carbocycles. The summed E-state index contributed by atoms with van der Waals surface area (Å²) in [5.74, 6) is -0.951. The van der Waals surface area contributed by atoms with Crippen molar-refractivity contribution in [2.45, 2.75) is 46.2 Å². The first-order valence-corrected chi connectivity index (χ1v) is 5.58. The quantitative estimate of drug-likeness (QED) is 0.558. The van der Waals surface area contributed by atoms with Crippen LogP contribution in [-0.2, 0) is 18.9 Å². The summed E-state index contributed by atoms with van der Waals surface area (Å²) >= 11 is 0. The van der Waals surface area contributed by atoms with Gasteiger partial charge in [0.25, 0.3) is 5.97 Å². The van der Waals surface area contributed by atoms with Crippen molar-refractivity contribution in [1.82, 2.24) is 0 Å². The van der Waals surface area contributed by atoms with Crippen LogP contribution in [0.25, 0.3) is 0 Å². The Hall–Kier alpha value is -0.160. The molecular weight excluding hydrogens is 196 g/mol. The van der Waals surface area contributed by atoms with Gasteiger partial charge in [-0.2, -0.15) is 0 Å². The van der Waals surface area contributed by atoms with E-state index >= 15 is 0 Å². The fourth-order valence-electron chi connectivity index (χ4n) is 1.40. The molecule has 0 amide bonds. The normalized spacial score (nSPS) is 14.2. The second-order valence-electron chi connectivity index (χ2n) is 3.23. The Kier molecular flexibility index (Phi) is 7.96. The zero-order valence-electron chi connectivity index (χ0n) is 10.5. The third-order valence-corrected chi connectivity index (χ3v) is 2.03. The molecular formula is C11H24O4. The van der Waals surface area contributed by atoms with Gasteiger partial charge in [0.15, 0.2) is 0 Å². The minimum absolute atomic E-state index is 0.0367. The smallest absolute Gasteiger partial charge is 0.285 e. The van der Waals surface area contributed by atoms with Crippen LogP contribution < -0.4 is 0 Å². The third-order valence-electron chi connectivity index (χ3n) is 2.03. The molecule has 15 heavy (non-hydrogen) atoms. The van der Waals surface area contributed by atoms with Crippen LogP contribution in [0.5, 0.6) is 0 Å². The lowest BCUT2D eigenvalue weighted by Crippen LogP contribution is -2.42. The van der Waals surface area contributed by atoms with Crippen molar-refractivity contribution in [2.75, 3.05) is 26.9 Å². The molecule has 0 fully saturated rings. The number of rotatable bonds is 9. The molecule has 0 aliphatic heterocycles. The van der Waals surface area contributed by atoms with Crippen LogP contribution in [0.15, 0.2) is 0 Å². The molecule has 92 valence electrons. The first-order chi connectivity index (χ1) is 7.14. The van der Waals surface area contributed by atoms with Gasteiger partial charge in [0, 0.05) is 26.9 Å². The van der Waals surface area contributed by atoms with Crippen LogP contribution in [-0.4, -0.2) is 39.0 Å². The SMILES string of the molecule is CCOC(CC(C)OC)(OCC)OCC. The van der Waals surface area contributed by atoms with Crippen molar-refractivity contribution in [3.8, 4) is 0 Å². The average Bonchev–Trinajstić information content (AvgIpc) is 2.18. The highest BCUT2D eigenvalue weighted by molar-refractivity contribution is 4.63. The predicted octanol–water partition coefficient (Wildman–Crippen LogP) is 2.17. The van der Waals surface area contributed by atoms with Crippen LogP contribution in [0.3, 0.4) is 0 Å². The van der Waals surface area contributed by atoms with E-state index in [1.165, 1.54) is 0 Å². The molecule has 0 rings (SSSR count). The molecule has 0 aromatic carbocycles. The number of ether oxygens (including phenoxy) is 4. The maximum Gasteiger partial charge on any atom is 0.285 e. The number of hydrogen-bond acceptors (Lipinski definition) is 4. The van der Waals surface area contributed by atoms with Crippen LogP contribution in [0.4, 0.5) is 0 Å². The van der Waals surface area contributed by atoms with E-state index in [0.29, 0.717) is 26.2 Å². The largest absolute Gasteiger partial charge is 0.381 e. The Morgan fingerprint density at radius 3 is 1.60 bits per heavy atom. The van der Waals surface area contributed by atoms with Crippen LogP contribution in [0, 0.1) is 0 Å². The standard InChI is InChI=1S/C11H24O4/c1-6-13-11(14-7-2,15-8-3)9-10(4)12-5/h10H,6-9H2,1-5H3. The van der Waals surface area contributed by atoms with E-state index in [2.05, 4.69) is 0 Å². The lowest BCUT2D eigenvalue weighted by molar-refractivity contribution is -0.385. The van der Waals surface area contributed by atoms with Crippen LogP contribution in [0.2, 0.25) is 0 Å². The van der Waals surface area contributed by atoms with E-state index in [0.717, 1.165) is 0 Å². The van der Waals surface area contributed by atoms with E-state index in [-0.39, 0.29) is 6.10 Å².